The van der Waals surface area contributed by atoms with Gasteiger partial charge in [0.15, 0.2) is 23.3 Å². The molecule has 48 heavy (non-hydrogen) atoms. The zero-order valence-electron chi connectivity index (χ0n) is 23.6. The van der Waals surface area contributed by atoms with Crippen LogP contribution in [0.4, 0.5) is 57.9 Å². The molecule has 0 fully saturated rings. The Morgan fingerprint density at radius 3 is 1.10 bits per heavy atom. The van der Waals surface area contributed by atoms with Gasteiger partial charge in [0.1, 0.15) is 22.9 Å². The quantitative estimate of drug-likeness (QED) is 0.0780. The number of benzene rings is 4. The number of carbonyl (C=O) groups is 2. The molecular weight excluding hydrogens is 672 g/mol. The number of anilines is 2. The van der Waals surface area contributed by atoms with Crippen molar-refractivity contribution in [2.24, 2.45) is 0 Å². The highest BCUT2D eigenvalue weighted by Gasteiger charge is 2.36. The zero-order chi connectivity index (χ0) is 35.8. The molecule has 250 valence electrons. The van der Waals surface area contributed by atoms with Gasteiger partial charge in [0.05, 0.1) is 33.1 Å². The maximum absolute atomic E-state index is 15.1. The Morgan fingerprint density at radius 2 is 0.854 bits per heavy atom. The van der Waals surface area contributed by atoms with Crippen molar-refractivity contribution >= 4 is 34.6 Å². The third-order valence-corrected chi connectivity index (χ3v) is 6.09. The second-order valence-corrected chi connectivity index (χ2v) is 9.36. The first-order valence-corrected chi connectivity index (χ1v) is 12.6. The van der Waals surface area contributed by atoms with E-state index in [1.807, 2.05) is 0 Å². The van der Waals surface area contributed by atoms with Gasteiger partial charge in [-0.1, -0.05) is 0 Å². The van der Waals surface area contributed by atoms with E-state index in [1.54, 1.807) is 0 Å². The minimum Gasteiger partial charge on any atom is -0.451 e. The second kappa shape index (κ2) is 13.2. The van der Waals surface area contributed by atoms with Crippen molar-refractivity contribution in [2.75, 3.05) is 10.6 Å². The first-order chi connectivity index (χ1) is 22.4. The predicted molar refractivity (Wildman–Crippen MR) is 146 cm³/mol. The predicted octanol–water partition coefficient (Wildman–Crippen LogP) is 7.78. The molecule has 4 aromatic rings. The number of hydrogen-bond acceptors (Lipinski definition) is 8. The third-order valence-electron chi connectivity index (χ3n) is 6.09. The highest BCUT2D eigenvalue weighted by molar-refractivity contribution is 5.92. The van der Waals surface area contributed by atoms with Crippen LogP contribution in [-0.2, 0) is 9.59 Å². The third kappa shape index (κ3) is 6.48. The molecule has 4 rings (SSSR count). The average Bonchev–Trinajstić information content (AvgIpc) is 3.01. The summed E-state index contributed by atoms with van der Waals surface area (Å²) in [4.78, 5) is 43.1. The van der Waals surface area contributed by atoms with Crippen LogP contribution in [0, 0.1) is 66.8 Å². The molecule has 0 unspecified atom stereocenters. The van der Waals surface area contributed by atoms with Crippen molar-refractivity contribution in [1.29, 1.82) is 0 Å². The molecular formula is C28H14F8N4O8. The minimum absolute atomic E-state index is 0.406. The smallest absolute Gasteiger partial charge is 0.296 e. The summed E-state index contributed by atoms with van der Waals surface area (Å²) in [6.07, 6.45) is 0. The summed E-state index contributed by atoms with van der Waals surface area (Å²) in [6.45, 7) is 2.00. The Bertz CT molecular complexity index is 1860. The largest absolute Gasteiger partial charge is 0.451 e. The van der Waals surface area contributed by atoms with Crippen LogP contribution in [0.5, 0.6) is 23.0 Å². The van der Waals surface area contributed by atoms with Gasteiger partial charge in [-0.3, -0.25) is 29.8 Å². The molecule has 0 radical (unpaired) electrons. The van der Waals surface area contributed by atoms with E-state index in [4.69, 9.17) is 9.47 Å². The summed E-state index contributed by atoms with van der Waals surface area (Å²) >= 11 is 0. The van der Waals surface area contributed by atoms with E-state index in [0.717, 1.165) is 38.1 Å². The van der Waals surface area contributed by atoms with Crippen LogP contribution in [0.25, 0.3) is 11.1 Å². The molecule has 0 aromatic heterocycles. The molecule has 2 amide bonds. The van der Waals surface area contributed by atoms with Crippen LogP contribution >= 0.6 is 0 Å². The minimum atomic E-state index is -2.62. The Hall–Kier alpha value is -6.34. The van der Waals surface area contributed by atoms with Gasteiger partial charge < -0.3 is 20.1 Å². The Kier molecular flexibility index (Phi) is 9.48. The highest BCUT2D eigenvalue weighted by atomic mass is 19.2. The molecule has 12 nitrogen and oxygen atoms in total. The Morgan fingerprint density at radius 1 is 0.562 bits per heavy atom. The first kappa shape index (κ1) is 34.5. The van der Waals surface area contributed by atoms with Crippen molar-refractivity contribution in [3.05, 3.63) is 103 Å². The number of rotatable bonds is 9. The molecule has 0 aliphatic heterocycles. The molecule has 0 saturated carbocycles. The number of nitro benzene ring substituents is 2. The lowest BCUT2D eigenvalue weighted by Gasteiger charge is -2.16. The van der Waals surface area contributed by atoms with Gasteiger partial charge in [-0.15, -0.1) is 0 Å². The van der Waals surface area contributed by atoms with Crippen LogP contribution in [0.3, 0.4) is 0 Å². The standard InChI is InChI=1S/C28H14F8N4O8/c1-9(41)37-13-5-3-11(7-15(13)39(43)44)47-27-23(33)19(29)17(20(30)24(27)34)18-21(31)25(35)28(26(36)22(18)32)48-12-4-6-14(38-10(2)42)16(8-12)40(45)46/h3-8H,1-2H3,(H,37,41)(H,38,42). The fraction of sp³-hybridized carbons (Fsp3) is 0.0714. The molecule has 0 saturated heterocycles. The molecule has 0 atom stereocenters. The van der Waals surface area contributed by atoms with Crippen molar-refractivity contribution < 1.29 is 64.0 Å². The number of hydrogen-bond donors (Lipinski definition) is 2. The first-order valence-electron chi connectivity index (χ1n) is 12.6. The maximum Gasteiger partial charge on any atom is 0.296 e. The Balaban J connectivity index is 1.79. The Labute approximate surface area is 260 Å². The van der Waals surface area contributed by atoms with E-state index >= 15 is 17.6 Å². The normalized spacial score (nSPS) is 10.8. The van der Waals surface area contributed by atoms with E-state index in [2.05, 4.69) is 10.6 Å². The van der Waals surface area contributed by atoms with Crippen LogP contribution < -0.4 is 20.1 Å². The summed E-state index contributed by atoms with van der Waals surface area (Å²) in [6, 6.07) is 4.23. The lowest BCUT2D eigenvalue weighted by Crippen LogP contribution is -2.10. The van der Waals surface area contributed by atoms with Crippen molar-refractivity contribution in [1.82, 2.24) is 0 Å². The topological polar surface area (TPSA) is 163 Å². The lowest BCUT2D eigenvalue weighted by molar-refractivity contribution is -0.384. The van der Waals surface area contributed by atoms with Gasteiger partial charge in [-0.05, 0) is 24.3 Å². The van der Waals surface area contributed by atoms with Gasteiger partial charge in [-0.2, -0.15) is 17.6 Å². The number of ether oxygens (including phenoxy) is 2. The molecule has 0 aliphatic rings. The van der Waals surface area contributed by atoms with Crippen LogP contribution in [0.15, 0.2) is 36.4 Å². The average molecular weight is 686 g/mol. The van der Waals surface area contributed by atoms with E-state index in [0.29, 0.717) is 12.1 Å². The number of carbonyl (C=O) groups excluding carboxylic acids is 2. The number of halogens is 8. The molecule has 2 N–H and O–H groups in total. The number of nitrogens with zero attached hydrogens (tertiary/aromatic N) is 2. The van der Waals surface area contributed by atoms with Gasteiger partial charge in [0.2, 0.25) is 46.6 Å². The fourth-order valence-corrected chi connectivity index (χ4v) is 4.12. The van der Waals surface area contributed by atoms with Gasteiger partial charge >= 0.3 is 0 Å². The van der Waals surface area contributed by atoms with Gasteiger partial charge in [0.25, 0.3) is 11.4 Å². The summed E-state index contributed by atoms with van der Waals surface area (Å²) in [5.74, 6) is -27.5. The molecule has 0 aliphatic carbocycles. The van der Waals surface area contributed by atoms with Crippen LogP contribution in [0.2, 0.25) is 0 Å². The van der Waals surface area contributed by atoms with E-state index in [1.165, 1.54) is 0 Å². The molecule has 20 heteroatoms. The van der Waals surface area contributed by atoms with Crippen LogP contribution in [-0.4, -0.2) is 21.7 Å². The van der Waals surface area contributed by atoms with Crippen LogP contribution in [0.1, 0.15) is 13.8 Å². The molecule has 0 bridgehead atoms. The van der Waals surface area contributed by atoms with E-state index in [9.17, 15) is 47.4 Å². The lowest BCUT2D eigenvalue weighted by atomic mass is 10.0. The van der Waals surface area contributed by atoms with Gasteiger partial charge in [0, 0.05) is 13.8 Å². The van der Waals surface area contributed by atoms with Gasteiger partial charge in [-0.25, -0.2) is 17.6 Å². The highest BCUT2D eigenvalue weighted by Crippen LogP contribution is 2.44. The summed E-state index contributed by atoms with van der Waals surface area (Å²) in [7, 11) is 0. The number of amides is 2. The van der Waals surface area contributed by atoms with Crippen molar-refractivity contribution in [2.45, 2.75) is 13.8 Å². The molecule has 0 spiro atoms. The number of nitrogens with one attached hydrogen (secondary N) is 2. The monoisotopic (exact) mass is 686 g/mol. The van der Waals surface area contributed by atoms with E-state index < -0.39 is 125 Å². The fourth-order valence-electron chi connectivity index (χ4n) is 4.12. The SMILES string of the molecule is CC(=O)Nc1ccc(Oc2c(F)c(F)c(-c3c(F)c(F)c(Oc4ccc(NC(C)=O)c([N+](=O)[O-])c4)c(F)c3F)c(F)c2F)cc1[N+](=O)[O-]. The maximum atomic E-state index is 15.1. The summed E-state index contributed by atoms with van der Waals surface area (Å²) in [5.41, 5.74) is -7.15. The van der Waals surface area contributed by atoms with Crippen molar-refractivity contribution in [3.63, 3.8) is 0 Å². The van der Waals surface area contributed by atoms with E-state index in [-0.39, 0.29) is 0 Å². The van der Waals surface area contributed by atoms with Crippen molar-refractivity contribution in [3.8, 4) is 34.1 Å². The molecule has 4 aromatic carbocycles. The summed E-state index contributed by atoms with van der Waals surface area (Å²) in [5, 5.41) is 26.8. The second-order valence-electron chi connectivity index (χ2n) is 9.36. The summed E-state index contributed by atoms with van der Waals surface area (Å²) < 4.78 is 130. The molecule has 0 heterocycles. The zero-order valence-corrected chi connectivity index (χ0v) is 23.6. The number of nitro groups is 2.